The van der Waals surface area contributed by atoms with Crippen LogP contribution in [0.25, 0.3) is 22.8 Å². The number of carbonyl (C=O) groups excluding carboxylic acids is 1. The fourth-order valence-corrected chi connectivity index (χ4v) is 5.09. The lowest BCUT2D eigenvalue weighted by Gasteiger charge is -1.99. The normalized spacial score (nSPS) is 10.3. The second kappa shape index (κ2) is 13.7. The zero-order valence-corrected chi connectivity index (χ0v) is 23.8. The first kappa shape index (κ1) is 28.8. The number of hydrogen-bond donors (Lipinski definition) is 3. The van der Waals surface area contributed by atoms with E-state index in [1.54, 1.807) is 79.6 Å². The van der Waals surface area contributed by atoms with Gasteiger partial charge < -0.3 is 20.5 Å². The lowest BCUT2D eigenvalue weighted by atomic mass is 10.2. The van der Waals surface area contributed by atoms with Crippen LogP contribution < -0.4 is 10.6 Å². The summed E-state index contributed by atoms with van der Waals surface area (Å²) in [6, 6.07) is 14.1. The number of nitrogens with zero attached hydrogens (tertiary/aromatic N) is 8. The van der Waals surface area contributed by atoms with E-state index in [2.05, 4.69) is 50.5 Å². The molecule has 0 unspecified atom stereocenters. The number of thiazole rings is 2. The third-order valence-corrected chi connectivity index (χ3v) is 7.11. The minimum absolute atomic E-state index is 0.118. The third kappa shape index (κ3) is 7.32. The Hall–Kier alpha value is -5.74. The van der Waals surface area contributed by atoms with Crippen LogP contribution in [0.1, 0.15) is 19.3 Å². The van der Waals surface area contributed by atoms with E-state index in [9.17, 15) is 14.7 Å². The van der Waals surface area contributed by atoms with Gasteiger partial charge in [0.1, 0.15) is 21.1 Å². The molecule has 14 nitrogen and oxygen atoms in total. The second-order valence-corrected chi connectivity index (χ2v) is 10.0. The van der Waals surface area contributed by atoms with Crippen molar-refractivity contribution < 1.29 is 19.4 Å². The Morgan fingerprint density at radius 2 is 1.09 bits per heavy atom. The van der Waals surface area contributed by atoms with E-state index in [1.807, 2.05) is 6.07 Å². The predicted octanol–water partition coefficient (Wildman–Crippen LogP) is 4.96. The minimum Gasteiger partial charge on any atom is -0.477 e. The summed E-state index contributed by atoms with van der Waals surface area (Å²) in [7, 11) is 1.33. The molecule has 214 valence electrons. The molecule has 16 heteroatoms. The van der Waals surface area contributed by atoms with Gasteiger partial charge in [0.15, 0.2) is 10.3 Å². The summed E-state index contributed by atoms with van der Waals surface area (Å²) in [6.45, 7) is 0. The summed E-state index contributed by atoms with van der Waals surface area (Å²) in [6.07, 6.45) is 9.63. The van der Waals surface area contributed by atoms with Crippen LogP contribution in [-0.2, 0) is 4.74 Å². The van der Waals surface area contributed by atoms with Crippen molar-refractivity contribution >= 4 is 56.8 Å². The molecule has 0 bridgehead atoms. The van der Waals surface area contributed by atoms with Crippen molar-refractivity contribution in [3.8, 4) is 22.8 Å². The molecule has 6 rings (SSSR count). The van der Waals surface area contributed by atoms with Crippen molar-refractivity contribution in [1.29, 1.82) is 0 Å². The summed E-state index contributed by atoms with van der Waals surface area (Å²) in [4.78, 5) is 57.0. The van der Waals surface area contributed by atoms with Crippen molar-refractivity contribution in [2.24, 2.45) is 0 Å². The van der Waals surface area contributed by atoms with Gasteiger partial charge in [-0.2, -0.15) is 0 Å². The zero-order valence-electron chi connectivity index (χ0n) is 22.1. The van der Waals surface area contributed by atoms with Gasteiger partial charge >= 0.3 is 11.9 Å². The number of rotatable bonds is 8. The Labute approximate surface area is 251 Å². The van der Waals surface area contributed by atoms with Gasteiger partial charge in [0, 0.05) is 37.2 Å². The van der Waals surface area contributed by atoms with E-state index >= 15 is 0 Å². The van der Waals surface area contributed by atoms with E-state index in [1.165, 1.54) is 18.4 Å². The van der Waals surface area contributed by atoms with Gasteiger partial charge in [0.25, 0.3) is 0 Å². The van der Waals surface area contributed by atoms with Gasteiger partial charge in [-0.25, -0.2) is 39.5 Å². The molecule has 6 heterocycles. The lowest BCUT2D eigenvalue weighted by Crippen LogP contribution is -2.00. The summed E-state index contributed by atoms with van der Waals surface area (Å²) in [5, 5.41) is 16.0. The molecule has 0 aliphatic carbocycles. The average Bonchev–Trinajstić information content (AvgIpc) is 3.68. The monoisotopic (exact) mass is 612 g/mol. The van der Waals surface area contributed by atoms with Crippen LogP contribution in [-0.4, -0.2) is 64.0 Å². The highest BCUT2D eigenvalue weighted by Crippen LogP contribution is 2.32. The molecule has 6 aromatic heterocycles. The molecule has 0 spiro atoms. The van der Waals surface area contributed by atoms with Crippen molar-refractivity contribution in [3.63, 3.8) is 0 Å². The minimum atomic E-state index is -1.05. The van der Waals surface area contributed by atoms with E-state index in [0.29, 0.717) is 49.8 Å². The summed E-state index contributed by atoms with van der Waals surface area (Å²) < 4.78 is 4.81. The van der Waals surface area contributed by atoms with Crippen molar-refractivity contribution in [2.75, 3.05) is 17.7 Å². The molecule has 6 aromatic rings. The number of aromatic carboxylic acids is 1. The molecular formula is C27H20N10O4S2. The van der Waals surface area contributed by atoms with Crippen LogP contribution in [0.5, 0.6) is 0 Å². The van der Waals surface area contributed by atoms with E-state index in [4.69, 9.17) is 4.74 Å². The number of ether oxygens (including phenoxy) is 1. The molecule has 3 N–H and O–H groups in total. The number of methoxy groups -OCH3 is 1. The van der Waals surface area contributed by atoms with E-state index in [-0.39, 0.29) is 4.88 Å². The molecule has 0 saturated heterocycles. The quantitative estimate of drug-likeness (QED) is 0.195. The topological polar surface area (TPSA) is 191 Å². The largest absolute Gasteiger partial charge is 0.477 e. The number of pyridine rings is 2. The van der Waals surface area contributed by atoms with Gasteiger partial charge in [-0.3, -0.25) is 9.97 Å². The number of anilines is 4. The van der Waals surface area contributed by atoms with Crippen molar-refractivity contribution in [2.45, 2.75) is 0 Å². The Morgan fingerprint density at radius 1 is 0.651 bits per heavy atom. The maximum Gasteiger partial charge on any atom is 0.350 e. The number of carboxylic acid groups (broad SMARTS) is 1. The van der Waals surface area contributed by atoms with Crippen LogP contribution in [0.4, 0.5) is 22.2 Å². The highest BCUT2D eigenvalue weighted by Gasteiger charge is 2.22. The fraction of sp³-hybridized carbons (Fsp3) is 0.0370. The molecule has 0 aliphatic rings. The molecule has 43 heavy (non-hydrogen) atoms. The maximum absolute atomic E-state index is 11.9. The molecule has 0 atom stereocenters. The summed E-state index contributed by atoms with van der Waals surface area (Å²) in [5.41, 5.74) is 1.90. The second-order valence-electron chi connectivity index (χ2n) is 8.01. The van der Waals surface area contributed by atoms with Gasteiger partial charge in [-0.1, -0.05) is 34.8 Å². The number of hydrogen-bond acceptors (Lipinski definition) is 15. The van der Waals surface area contributed by atoms with E-state index < -0.39 is 11.9 Å². The third-order valence-electron chi connectivity index (χ3n) is 5.20. The average molecular weight is 613 g/mol. The van der Waals surface area contributed by atoms with Gasteiger partial charge in [0.05, 0.1) is 18.5 Å². The van der Waals surface area contributed by atoms with Crippen molar-refractivity contribution in [3.05, 3.63) is 95.5 Å². The number of esters is 1. The number of nitrogens with one attached hydrogen (secondary N) is 2. The van der Waals surface area contributed by atoms with Gasteiger partial charge in [0.2, 0.25) is 11.9 Å². The molecule has 0 aromatic carbocycles. The Balaban J connectivity index is 0.000000171. The molecular weight excluding hydrogens is 592 g/mol. The first-order valence-corrected chi connectivity index (χ1v) is 13.9. The Morgan fingerprint density at radius 3 is 1.51 bits per heavy atom. The van der Waals surface area contributed by atoms with Crippen molar-refractivity contribution in [1.82, 2.24) is 39.9 Å². The molecule has 0 saturated carbocycles. The van der Waals surface area contributed by atoms with Crippen LogP contribution in [0.3, 0.4) is 0 Å². The van der Waals surface area contributed by atoms with Crippen LogP contribution in [0.2, 0.25) is 0 Å². The molecule has 0 fully saturated rings. The number of carboxylic acids is 1. The number of aromatic nitrogens is 8. The highest BCUT2D eigenvalue weighted by atomic mass is 32.1. The zero-order chi connectivity index (χ0) is 30.0. The maximum atomic E-state index is 11.9. The first-order valence-electron chi connectivity index (χ1n) is 12.3. The predicted molar refractivity (Wildman–Crippen MR) is 160 cm³/mol. The molecule has 0 aliphatic heterocycles. The highest BCUT2D eigenvalue weighted by molar-refractivity contribution is 7.18. The summed E-state index contributed by atoms with van der Waals surface area (Å²) in [5.74, 6) is -0.744. The Bertz CT molecular complexity index is 1810. The fourth-order valence-electron chi connectivity index (χ4n) is 3.39. The number of carbonyl (C=O) groups is 2. The molecule has 0 radical (unpaired) electrons. The van der Waals surface area contributed by atoms with Gasteiger partial charge in [-0.15, -0.1) is 0 Å². The van der Waals surface area contributed by atoms with Crippen LogP contribution >= 0.6 is 22.7 Å². The van der Waals surface area contributed by atoms with Gasteiger partial charge in [-0.05, 0) is 36.4 Å². The summed E-state index contributed by atoms with van der Waals surface area (Å²) >= 11 is 2.18. The van der Waals surface area contributed by atoms with E-state index in [0.717, 1.165) is 11.3 Å². The lowest BCUT2D eigenvalue weighted by molar-refractivity contribution is 0.0606. The van der Waals surface area contributed by atoms with Crippen LogP contribution in [0, 0.1) is 0 Å². The molecule has 0 amide bonds. The standard InChI is InChI=1S/C14H11N5O2S.C13H9N5O2S/c1-21-12(20)11-10(9-5-2-3-6-15-9)18-14(22-11)19-13-16-7-4-8-17-13;19-11(20)10-9(8-4-1-2-5-14-8)17-13(21-10)18-12-15-6-3-7-16-12/h2-8H,1H3,(H,16,17,18,19);1-7H,(H,19,20)(H,15,16,17,18). The smallest absolute Gasteiger partial charge is 0.350 e. The first-order chi connectivity index (χ1) is 21.0. The SMILES string of the molecule is COC(=O)c1sc(Nc2ncccn2)nc1-c1ccccn1.O=C(O)c1sc(Nc2ncccn2)nc1-c1ccccn1. The Kier molecular flexibility index (Phi) is 9.20. The van der Waals surface area contributed by atoms with Crippen LogP contribution in [0.15, 0.2) is 85.7 Å².